The van der Waals surface area contributed by atoms with Crippen LogP contribution in [0.1, 0.15) is 19.3 Å². The summed E-state index contributed by atoms with van der Waals surface area (Å²) >= 11 is 0. The van der Waals surface area contributed by atoms with Gasteiger partial charge < -0.3 is 5.11 Å². The molecule has 3 nitrogen and oxygen atoms in total. The largest absolute Gasteiger partial charge is 0.480 e. The van der Waals surface area contributed by atoms with Crippen molar-refractivity contribution in [3.05, 3.63) is 12.7 Å². The summed E-state index contributed by atoms with van der Waals surface area (Å²) in [6.45, 7) is 5.74. The molecule has 1 saturated heterocycles. The predicted molar refractivity (Wildman–Crippen MR) is 51.6 cm³/mol. The van der Waals surface area contributed by atoms with Crippen molar-refractivity contribution in [2.45, 2.75) is 19.3 Å². The van der Waals surface area contributed by atoms with Crippen molar-refractivity contribution < 1.29 is 9.90 Å². The van der Waals surface area contributed by atoms with Gasteiger partial charge in [0.05, 0.1) is 6.54 Å². The first-order valence-electron chi connectivity index (χ1n) is 4.77. The van der Waals surface area contributed by atoms with Crippen LogP contribution in [-0.2, 0) is 4.79 Å². The normalized spacial score (nSPS) is 24.2. The summed E-state index contributed by atoms with van der Waals surface area (Å²) in [4.78, 5) is 12.5. The number of carboxylic acids is 1. The molecule has 1 N–H and O–H groups in total. The first-order valence-corrected chi connectivity index (χ1v) is 4.77. The number of allylic oxidation sites excluding steroid dienone is 1. The standard InChI is InChI=1S/C10H17NO2/c1-2-4-9-5-3-6-11(7-9)8-10(12)13/h2,9H,1,3-8H2,(H,12,13). The van der Waals surface area contributed by atoms with Crippen molar-refractivity contribution in [3.8, 4) is 0 Å². The number of carbonyl (C=O) groups is 1. The molecule has 0 aromatic heterocycles. The summed E-state index contributed by atoms with van der Waals surface area (Å²) in [5.74, 6) is -0.107. The van der Waals surface area contributed by atoms with E-state index in [1.54, 1.807) is 0 Å². The van der Waals surface area contributed by atoms with Gasteiger partial charge in [-0.2, -0.15) is 0 Å². The molecule has 0 spiro atoms. The molecule has 0 saturated carbocycles. The lowest BCUT2D eigenvalue weighted by Crippen LogP contribution is -2.38. The summed E-state index contributed by atoms with van der Waals surface area (Å²) in [6, 6.07) is 0. The SMILES string of the molecule is C=CCC1CCCN(CC(=O)O)C1. The highest BCUT2D eigenvalue weighted by atomic mass is 16.4. The van der Waals surface area contributed by atoms with Crippen LogP contribution >= 0.6 is 0 Å². The Bertz CT molecular complexity index is 191. The van der Waals surface area contributed by atoms with E-state index >= 15 is 0 Å². The Morgan fingerprint density at radius 3 is 3.08 bits per heavy atom. The van der Waals surface area contributed by atoms with Crippen molar-refractivity contribution in [1.29, 1.82) is 0 Å². The molecule has 3 heteroatoms. The minimum Gasteiger partial charge on any atom is -0.480 e. The van der Waals surface area contributed by atoms with E-state index in [0.29, 0.717) is 5.92 Å². The third-order valence-electron chi connectivity index (χ3n) is 2.46. The van der Waals surface area contributed by atoms with E-state index in [9.17, 15) is 4.79 Å². The molecule has 0 aromatic carbocycles. The van der Waals surface area contributed by atoms with Gasteiger partial charge in [0, 0.05) is 6.54 Å². The van der Waals surface area contributed by atoms with Gasteiger partial charge >= 0.3 is 5.97 Å². The molecule has 0 amide bonds. The van der Waals surface area contributed by atoms with Crippen molar-refractivity contribution in [2.24, 2.45) is 5.92 Å². The van der Waals surface area contributed by atoms with Crippen LogP contribution in [0.15, 0.2) is 12.7 Å². The Morgan fingerprint density at radius 1 is 1.69 bits per heavy atom. The number of carboxylic acid groups (broad SMARTS) is 1. The average molecular weight is 183 g/mol. The molecule has 0 radical (unpaired) electrons. The van der Waals surface area contributed by atoms with Gasteiger partial charge in [0.1, 0.15) is 0 Å². The lowest BCUT2D eigenvalue weighted by atomic mass is 9.95. The first kappa shape index (κ1) is 10.3. The molecule has 1 heterocycles. The van der Waals surface area contributed by atoms with Crippen molar-refractivity contribution in [2.75, 3.05) is 19.6 Å². The van der Waals surface area contributed by atoms with Crippen LogP contribution in [0.3, 0.4) is 0 Å². The zero-order valence-electron chi connectivity index (χ0n) is 7.91. The molecule has 0 aliphatic carbocycles. The summed E-state index contributed by atoms with van der Waals surface area (Å²) < 4.78 is 0. The van der Waals surface area contributed by atoms with Gasteiger partial charge in [0.2, 0.25) is 0 Å². The third-order valence-corrected chi connectivity index (χ3v) is 2.46. The number of piperidine rings is 1. The second kappa shape index (κ2) is 5.02. The van der Waals surface area contributed by atoms with Crippen molar-refractivity contribution in [1.82, 2.24) is 4.90 Å². The Hall–Kier alpha value is -0.830. The molecule has 1 fully saturated rings. The van der Waals surface area contributed by atoms with E-state index in [1.807, 2.05) is 11.0 Å². The fourth-order valence-electron chi connectivity index (χ4n) is 1.91. The third kappa shape index (κ3) is 3.59. The number of likely N-dealkylation sites (tertiary alicyclic amines) is 1. The Kier molecular flexibility index (Phi) is 3.96. The van der Waals surface area contributed by atoms with Crippen LogP contribution in [-0.4, -0.2) is 35.6 Å². The minimum atomic E-state index is -0.723. The molecule has 0 aromatic rings. The fourth-order valence-corrected chi connectivity index (χ4v) is 1.91. The maximum absolute atomic E-state index is 10.5. The topological polar surface area (TPSA) is 40.5 Å². The van der Waals surface area contributed by atoms with E-state index < -0.39 is 5.97 Å². The highest BCUT2D eigenvalue weighted by Crippen LogP contribution is 2.19. The second-order valence-corrected chi connectivity index (χ2v) is 3.66. The minimum absolute atomic E-state index is 0.188. The zero-order chi connectivity index (χ0) is 9.68. The van der Waals surface area contributed by atoms with Crippen LogP contribution in [0.5, 0.6) is 0 Å². The summed E-state index contributed by atoms with van der Waals surface area (Å²) in [5, 5.41) is 8.62. The van der Waals surface area contributed by atoms with Crippen LogP contribution in [0, 0.1) is 5.92 Å². The Labute approximate surface area is 79.0 Å². The summed E-state index contributed by atoms with van der Waals surface area (Å²) in [5.41, 5.74) is 0. The van der Waals surface area contributed by atoms with Gasteiger partial charge in [-0.1, -0.05) is 6.08 Å². The number of nitrogens with zero attached hydrogens (tertiary/aromatic N) is 1. The van der Waals surface area contributed by atoms with Gasteiger partial charge in [-0.15, -0.1) is 6.58 Å². The highest BCUT2D eigenvalue weighted by molar-refractivity contribution is 5.69. The van der Waals surface area contributed by atoms with Crippen molar-refractivity contribution in [3.63, 3.8) is 0 Å². The fraction of sp³-hybridized carbons (Fsp3) is 0.700. The average Bonchev–Trinajstić information content (AvgIpc) is 2.04. The van der Waals surface area contributed by atoms with E-state index in [-0.39, 0.29) is 6.54 Å². The lowest BCUT2D eigenvalue weighted by molar-refractivity contribution is -0.138. The molecular weight excluding hydrogens is 166 g/mol. The monoisotopic (exact) mass is 183 g/mol. The first-order chi connectivity index (χ1) is 6.22. The lowest BCUT2D eigenvalue weighted by Gasteiger charge is -2.30. The van der Waals surface area contributed by atoms with E-state index in [2.05, 4.69) is 6.58 Å². The highest BCUT2D eigenvalue weighted by Gasteiger charge is 2.19. The zero-order valence-corrected chi connectivity index (χ0v) is 7.91. The van der Waals surface area contributed by atoms with Gasteiger partial charge in [-0.3, -0.25) is 9.69 Å². The number of rotatable bonds is 4. The smallest absolute Gasteiger partial charge is 0.317 e. The maximum atomic E-state index is 10.5. The molecule has 1 aliphatic rings. The van der Waals surface area contributed by atoms with E-state index in [4.69, 9.17) is 5.11 Å². The maximum Gasteiger partial charge on any atom is 0.317 e. The number of hydrogen-bond acceptors (Lipinski definition) is 2. The van der Waals surface area contributed by atoms with Crippen LogP contribution < -0.4 is 0 Å². The number of aliphatic carboxylic acids is 1. The second-order valence-electron chi connectivity index (χ2n) is 3.66. The van der Waals surface area contributed by atoms with Crippen LogP contribution in [0.4, 0.5) is 0 Å². The molecule has 1 atom stereocenters. The van der Waals surface area contributed by atoms with Crippen LogP contribution in [0.2, 0.25) is 0 Å². The molecular formula is C10H17NO2. The predicted octanol–water partition coefficient (Wildman–Crippen LogP) is 1.36. The molecule has 74 valence electrons. The van der Waals surface area contributed by atoms with Crippen LogP contribution in [0.25, 0.3) is 0 Å². The van der Waals surface area contributed by atoms with E-state index in [1.165, 1.54) is 6.42 Å². The number of hydrogen-bond donors (Lipinski definition) is 1. The molecule has 1 unspecified atom stereocenters. The molecule has 13 heavy (non-hydrogen) atoms. The van der Waals surface area contributed by atoms with Gasteiger partial charge in [-0.25, -0.2) is 0 Å². The van der Waals surface area contributed by atoms with Gasteiger partial charge in [0.15, 0.2) is 0 Å². The molecule has 0 bridgehead atoms. The molecule has 1 rings (SSSR count). The van der Waals surface area contributed by atoms with Gasteiger partial charge in [-0.05, 0) is 31.7 Å². The van der Waals surface area contributed by atoms with Crippen molar-refractivity contribution >= 4 is 5.97 Å². The molecule has 1 aliphatic heterocycles. The Morgan fingerprint density at radius 2 is 2.46 bits per heavy atom. The quantitative estimate of drug-likeness (QED) is 0.669. The summed E-state index contributed by atoms with van der Waals surface area (Å²) in [7, 11) is 0. The Balaban J connectivity index is 2.32. The summed E-state index contributed by atoms with van der Waals surface area (Å²) in [6.07, 6.45) is 5.26. The van der Waals surface area contributed by atoms with E-state index in [0.717, 1.165) is 25.9 Å². The van der Waals surface area contributed by atoms with Gasteiger partial charge in [0.25, 0.3) is 0 Å².